The summed E-state index contributed by atoms with van der Waals surface area (Å²) in [4.78, 5) is 30.1. The summed E-state index contributed by atoms with van der Waals surface area (Å²) in [6, 6.07) is 6.71. The molecule has 23 heavy (non-hydrogen) atoms. The average Bonchev–Trinajstić information content (AvgIpc) is 3.07. The highest BCUT2D eigenvalue weighted by Crippen LogP contribution is 2.23. The fourth-order valence-corrected chi connectivity index (χ4v) is 3.32. The third-order valence-corrected chi connectivity index (χ3v) is 4.57. The molecular weight excluding hydrogens is 312 g/mol. The van der Waals surface area contributed by atoms with Gasteiger partial charge in [-0.1, -0.05) is 6.07 Å². The van der Waals surface area contributed by atoms with Crippen molar-refractivity contribution in [2.24, 2.45) is 5.73 Å². The summed E-state index contributed by atoms with van der Waals surface area (Å²) in [6.45, 7) is 0.566. The molecule has 2 amide bonds. The van der Waals surface area contributed by atoms with Crippen LogP contribution in [0.5, 0.6) is 0 Å². The fourth-order valence-electron chi connectivity index (χ4n) is 2.77. The Hall–Kier alpha value is -2.41. The average molecular weight is 330 g/mol. The number of carbonyl (C=O) groups is 2. The van der Waals surface area contributed by atoms with Gasteiger partial charge in [-0.25, -0.2) is 4.98 Å². The topological polar surface area (TPSA) is 88.3 Å². The van der Waals surface area contributed by atoms with E-state index in [1.807, 2.05) is 17.5 Å². The molecule has 2 aromatic rings. The van der Waals surface area contributed by atoms with Gasteiger partial charge in [-0.05, 0) is 37.5 Å². The predicted octanol–water partition coefficient (Wildman–Crippen LogP) is 2.37. The van der Waals surface area contributed by atoms with Crippen LogP contribution in [0.2, 0.25) is 0 Å². The van der Waals surface area contributed by atoms with Gasteiger partial charge in [-0.2, -0.15) is 0 Å². The lowest BCUT2D eigenvalue weighted by atomic mass is 10.00. The normalized spacial score (nSPS) is 17.7. The number of thiazole rings is 1. The third-order valence-electron chi connectivity index (χ3n) is 3.89. The zero-order chi connectivity index (χ0) is 16.2. The first-order chi connectivity index (χ1) is 11.1. The fraction of sp³-hybridized carbons (Fsp3) is 0.312. The van der Waals surface area contributed by atoms with E-state index < -0.39 is 11.9 Å². The SMILES string of the molecule is NC(=O)C1CCCCN1C(=O)c1cccc(Nc2nccs2)c1. The van der Waals surface area contributed by atoms with Crippen LogP contribution in [-0.2, 0) is 4.79 Å². The van der Waals surface area contributed by atoms with E-state index in [1.54, 1.807) is 23.2 Å². The van der Waals surface area contributed by atoms with Crippen molar-refractivity contribution in [3.05, 3.63) is 41.4 Å². The quantitative estimate of drug-likeness (QED) is 0.901. The van der Waals surface area contributed by atoms with Gasteiger partial charge in [0.1, 0.15) is 6.04 Å². The standard InChI is InChI=1S/C16H18N4O2S/c17-14(21)13-6-1-2-8-20(13)15(22)11-4-3-5-12(10-11)19-16-18-7-9-23-16/h3-5,7,9-10,13H,1-2,6,8H2,(H2,17,21)(H,18,19). The van der Waals surface area contributed by atoms with Gasteiger partial charge in [0.05, 0.1) is 0 Å². The number of primary amides is 1. The first kappa shape index (κ1) is 15.5. The molecule has 1 saturated heterocycles. The Kier molecular flexibility index (Phi) is 4.57. The number of piperidine rings is 1. The molecule has 1 unspecified atom stereocenters. The third kappa shape index (κ3) is 3.50. The molecule has 7 heteroatoms. The molecule has 3 rings (SSSR count). The summed E-state index contributed by atoms with van der Waals surface area (Å²) < 4.78 is 0. The number of nitrogens with one attached hydrogen (secondary N) is 1. The Labute approximate surface area is 138 Å². The molecule has 0 spiro atoms. The van der Waals surface area contributed by atoms with Crippen LogP contribution in [0.3, 0.4) is 0 Å². The Balaban J connectivity index is 1.80. The van der Waals surface area contributed by atoms with E-state index in [4.69, 9.17) is 5.73 Å². The number of benzene rings is 1. The van der Waals surface area contributed by atoms with E-state index in [1.165, 1.54) is 11.3 Å². The van der Waals surface area contributed by atoms with Crippen LogP contribution < -0.4 is 11.1 Å². The molecule has 0 radical (unpaired) electrons. The lowest BCUT2D eigenvalue weighted by molar-refractivity contribution is -0.123. The van der Waals surface area contributed by atoms with Gasteiger partial charge in [0.15, 0.2) is 5.13 Å². The van der Waals surface area contributed by atoms with E-state index >= 15 is 0 Å². The molecule has 1 aliphatic rings. The minimum atomic E-state index is -0.508. The molecule has 120 valence electrons. The molecular formula is C16H18N4O2S. The molecule has 0 bridgehead atoms. The highest BCUT2D eigenvalue weighted by molar-refractivity contribution is 7.13. The molecule has 0 saturated carbocycles. The number of amides is 2. The van der Waals surface area contributed by atoms with E-state index in [0.717, 1.165) is 23.7 Å². The number of hydrogen-bond donors (Lipinski definition) is 2. The number of rotatable bonds is 4. The van der Waals surface area contributed by atoms with Crippen molar-refractivity contribution in [1.82, 2.24) is 9.88 Å². The van der Waals surface area contributed by atoms with Crippen molar-refractivity contribution >= 4 is 34.0 Å². The highest BCUT2D eigenvalue weighted by Gasteiger charge is 2.31. The molecule has 3 N–H and O–H groups in total. The van der Waals surface area contributed by atoms with Crippen molar-refractivity contribution in [3.63, 3.8) is 0 Å². The maximum Gasteiger partial charge on any atom is 0.254 e. The van der Waals surface area contributed by atoms with Gasteiger partial charge >= 0.3 is 0 Å². The number of nitrogens with zero attached hydrogens (tertiary/aromatic N) is 2. The second-order valence-electron chi connectivity index (χ2n) is 5.46. The van der Waals surface area contributed by atoms with Crippen molar-refractivity contribution in [1.29, 1.82) is 0 Å². The Morgan fingerprint density at radius 1 is 1.35 bits per heavy atom. The van der Waals surface area contributed by atoms with Crippen LogP contribution in [0.15, 0.2) is 35.8 Å². The lowest BCUT2D eigenvalue weighted by Crippen LogP contribution is -2.50. The summed E-state index contributed by atoms with van der Waals surface area (Å²) in [7, 11) is 0. The Bertz CT molecular complexity index is 702. The number of likely N-dealkylation sites (tertiary alicyclic amines) is 1. The van der Waals surface area contributed by atoms with E-state index in [9.17, 15) is 9.59 Å². The number of nitrogens with two attached hydrogens (primary N) is 1. The maximum absolute atomic E-state index is 12.7. The molecule has 2 heterocycles. The van der Waals surface area contributed by atoms with Crippen LogP contribution in [-0.4, -0.2) is 34.3 Å². The monoisotopic (exact) mass is 330 g/mol. The van der Waals surface area contributed by atoms with Crippen molar-refractivity contribution in [2.75, 3.05) is 11.9 Å². The smallest absolute Gasteiger partial charge is 0.254 e. The summed E-state index contributed by atoms with van der Waals surface area (Å²) in [5.74, 6) is -0.591. The zero-order valence-electron chi connectivity index (χ0n) is 12.6. The minimum Gasteiger partial charge on any atom is -0.368 e. The Morgan fingerprint density at radius 3 is 2.96 bits per heavy atom. The number of carbonyl (C=O) groups excluding carboxylic acids is 2. The second kappa shape index (κ2) is 6.78. The van der Waals surface area contributed by atoms with Gasteiger partial charge in [0.25, 0.3) is 5.91 Å². The molecule has 1 aliphatic heterocycles. The Morgan fingerprint density at radius 2 is 2.22 bits per heavy atom. The summed E-state index contributed by atoms with van der Waals surface area (Å²) in [5, 5.41) is 5.80. The summed E-state index contributed by atoms with van der Waals surface area (Å²) in [6.07, 6.45) is 4.17. The zero-order valence-corrected chi connectivity index (χ0v) is 13.4. The first-order valence-electron chi connectivity index (χ1n) is 7.52. The summed E-state index contributed by atoms with van der Waals surface area (Å²) >= 11 is 1.49. The first-order valence-corrected chi connectivity index (χ1v) is 8.40. The highest BCUT2D eigenvalue weighted by atomic mass is 32.1. The van der Waals surface area contributed by atoms with Crippen LogP contribution in [0, 0.1) is 0 Å². The number of anilines is 2. The lowest BCUT2D eigenvalue weighted by Gasteiger charge is -2.33. The van der Waals surface area contributed by atoms with Crippen molar-refractivity contribution in [3.8, 4) is 0 Å². The van der Waals surface area contributed by atoms with Crippen LogP contribution >= 0.6 is 11.3 Å². The number of aromatic nitrogens is 1. The van der Waals surface area contributed by atoms with E-state index in [-0.39, 0.29) is 5.91 Å². The van der Waals surface area contributed by atoms with E-state index in [0.29, 0.717) is 18.5 Å². The minimum absolute atomic E-state index is 0.156. The van der Waals surface area contributed by atoms with Gasteiger partial charge in [-0.3, -0.25) is 9.59 Å². The van der Waals surface area contributed by atoms with Gasteiger partial charge in [0, 0.05) is 29.4 Å². The predicted molar refractivity (Wildman–Crippen MR) is 89.7 cm³/mol. The second-order valence-corrected chi connectivity index (χ2v) is 6.35. The van der Waals surface area contributed by atoms with Gasteiger partial charge in [-0.15, -0.1) is 11.3 Å². The largest absolute Gasteiger partial charge is 0.368 e. The van der Waals surface area contributed by atoms with Crippen molar-refractivity contribution in [2.45, 2.75) is 25.3 Å². The molecule has 1 aromatic heterocycles. The van der Waals surface area contributed by atoms with Crippen LogP contribution in [0.4, 0.5) is 10.8 Å². The summed E-state index contributed by atoms with van der Waals surface area (Å²) in [5.41, 5.74) is 6.77. The molecule has 1 aromatic carbocycles. The van der Waals surface area contributed by atoms with Gasteiger partial charge in [0.2, 0.25) is 5.91 Å². The number of hydrogen-bond acceptors (Lipinski definition) is 5. The maximum atomic E-state index is 12.7. The van der Waals surface area contributed by atoms with Crippen LogP contribution in [0.1, 0.15) is 29.6 Å². The molecule has 6 nitrogen and oxygen atoms in total. The van der Waals surface area contributed by atoms with Gasteiger partial charge < -0.3 is 16.0 Å². The van der Waals surface area contributed by atoms with Crippen LogP contribution in [0.25, 0.3) is 0 Å². The molecule has 1 fully saturated rings. The van der Waals surface area contributed by atoms with Crippen molar-refractivity contribution < 1.29 is 9.59 Å². The molecule has 0 aliphatic carbocycles. The molecule has 1 atom stereocenters. The van der Waals surface area contributed by atoms with E-state index in [2.05, 4.69) is 10.3 Å².